The van der Waals surface area contributed by atoms with Crippen LogP contribution in [0.5, 0.6) is 23.0 Å². The minimum Gasteiger partial charge on any atom is -0.493 e. The van der Waals surface area contributed by atoms with Crippen LogP contribution in [0.2, 0.25) is 0 Å². The first-order valence-electron chi connectivity index (χ1n) is 8.83. The number of carbonyl (C=O) groups is 1. The van der Waals surface area contributed by atoms with Crippen LogP contribution in [0.15, 0.2) is 30.3 Å². The van der Waals surface area contributed by atoms with Gasteiger partial charge in [0.05, 0.1) is 14.2 Å². The van der Waals surface area contributed by atoms with Gasteiger partial charge in [-0.15, -0.1) is 0 Å². The zero-order valence-electron chi connectivity index (χ0n) is 15.4. The van der Waals surface area contributed by atoms with Gasteiger partial charge in [0.25, 0.3) is 0 Å². The van der Waals surface area contributed by atoms with Crippen molar-refractivity contribution in [2.24, 2.45) is 0 Å². The van der Waals surface area contributed by atoms with E-state index >= 15 is 0 Å². The van der Waals surface area contributed by atoms with Crippen LogP contribution in [0, 0.1) is 0 Å². The summed E-state index contributed by atoms with van der Waals surface area (Å²) in [5, 5.41) is 2.98. The number of urea groups is 1. The molecule has 0 aromatic heterocycles. The number of benzene rings is 2. The molecule has 0 bridgehead atoms. The summed E-state index contributed by atoms with van der Waals surface area (Å²) in [7, 11) is 3.24. The van der Waals surface area contributed by atoms with Crippen molar-refractivity contribution in [3.05, 3.63) is 47.0 Å². The van der Waals surface area contributed by atoms with Gasteiger partial charge < -0.3 is 29.2 Å². The summed E-state index contributed by atoms with van der Waals surface area (Å²) in [5.74, 6) is 2.85. The Morgan fingerprint density at radius 3 is 2.59 bits per heavy atom. The molecule has 2 heterocycles. The van der Waals surface area contributed by atoms with Crippen molar-refractivity contribution < 1.29 is 23.7 Å². The lowest BCUT2D eigenvalue weighted by Gasteiger charge is -2.29. The number of nitrogens with one attached hydrogen (secondary N) is 1. The quantitative estimate of drug-likeness (QED) is 0.896. The SMILES string of the molecule is COc1cc2c(cc1OC)CN(C(=O)NCc1ccc3c(c1)OCO3)CC2. The molecule has 0 fully saturated rings. The molecule has 0 atom stereocenters. The summed E-state index contributed by atoms with van der Waals surface area (Å²) in [4.78, 5) is 14.4. The first kappa shape index (κ1) is 17.3. The third kappa shape index (κ3) is 3.45. The van der Waals surface area contributed by atoms with E-state index < -0.39 is 0 Å². The normalized spacial score (nSPS) is 14.5. The number of hydrogen-bond donors (Lipinski definition) is 1. The van der Waals surface area contributed by atoms with Gasteiger partial charge in [-0.05, 0) is 47.4 Å². The van der Waals surface area contributed by atoms with Crippen LogP contribution in [-0.2, 0) is 19.5 Å². The van der Waals surface area contributed by atoms with E-state index in [2.05, 4.69) is 5.32 Å². The molecule has 0 spiro atoms. The van der Waals surface area contributed by atoms with Crippen molar-refractivity contribution in [2.75, 3.05) is 27.6 Å². The molecule has 2 aliphatic heterocycles. The van der Waals surface area contributed by atoms with Crippen LogP contribution in [0.4, 0.5) is 4.79 Å². The Morgan fingerprint density at radius 1 is 1.07 bits per heavy atom. The molecule has 2 amide bonds. The lowest BCUT2D eigenvalue weighted by Crippen LogP contribution is -2.42. The van der Waals surface area contributed by atoms with E-state index in [1.807, 2.05) is 30.3 Å². The Kier molecular flexibility index (Phi) is 4.66. The maximum absolute atomic E-state index is 12.6. The van der Waals surface area contributed by atoms with E-state index in [1.165, 1.54) is 5.56 Å². The number of nitrogens with zero attached hydrogens (tertiary/aromatic N) is 1. The highest BCUT2D eigenvalue weighted by molar-refractivity contribution is 5.74. The average molecular weight is 370 g/mol. The zero-order valence-corrected chi connectivity index (χ0v) is 15.4. The maximum atomic E-state index is 12.6. The molecular formula is C20H22N2O5. The summed E-state index contributed by atoms with van der Waals surface area (Å²) in [6.07, 6.45) is 0.785. The van der Waals surface area contributed by atoms with E-state index in [1.54, 1.807) is 19.1 Å². The summed E-state index contributed by atoms with van der Waals surface area (Å²) in [6.45, 7) is 1.88. The van der Waals surface area contributed by atoms with Crippen molar-refractivity contribution in [3.8, 4) is 23.0 Å². The molecule has 7 nitrogen and oxygen atoms in total. The minimum absolute atomic E-state index is 0.0897. The second kappa shape index (κ2) is 7.26. The third-order valence-corrected chi connectivity index (χ3v) is 4.89. The Balaban J connectivity index is 1.40. The lowest BCUT2D eigenvalue weighted by molar-refractivity contribution is 0.174. The molecule has 4 rings (SSSR count). The first-order chi connectivity index (χ1) is 13.2. The third-order valence-electron chi connectivity index (χ3n) is 4.89. The van der Waals surface area contributed by atoms with Crippen LogP contribution in [0.3, 0.4) is 0 Å². The number of ether oxygens (including phenoxy) is 4. The molecule has 142 valence electrons. The van der Waals surface area contributed by atoms with Gasteiger partial charge in [0.2, 0.25) is 6.79 Å². The predicted molar refractivity (Wildman–Crippen MR) is 98.5 cm³/mol. The highest BCUT2D eigenvalue weighted by Crippen LogP contribution is 2.34. The molecule has 0 aliphatic carbocycles. The fourth-order valence-electron chi connectivity index (χ4n) is 3.40. The van der Waals surface area contributed by atoms with Crippen LogP contribution in [0.1, 0.15) is 16.7 Å². The second-order valence-electron chi connectivity index (χ2n) is 6.49. The van der Waals surface area contributed by atoms with Crippen molar-refractivity contribution in [3.63, 3.8) is 0 Å². The Labute approximate surface area is 157 Å². The van der Waals surface area contributed by atoms with Crippen LogP contribution in [0.25, 0.3) is 0 Å². The molecule has 2 aromatic carbocycles. The highest BCUT2D eigenvalue weighted by atomic mass is 16.7. The maximum Gasteiger partial charge on any atom is 0.317 e. The van der Waals surface area contributed by atoms with Gasteiger partial charge in [-0.2, -0.15) is 0 Å². The van der Waals surface area contributed by atoms with Crippen molar-refractivity contribution in [1.29, 1.82) is 0 Å². The number of methoxy groups -OCH3 is 2. The van der Waals surface area contributed by atoms with E-state index in [0.717, 1.165) is 34.8 Å². The largest absolute Gasteiger partial charge is 0.493 e. The van der Waals surface area contributed by atoms with Gasteiger partial charge >= 0.3 is 6.03 Å². The monoisotopic (exact) mass is 370 g/mol. The van der Waals surface area contributed by atoms with Crippen molar-refractivity contribution in [1.82, 2.24) is 10.2 Å². The van der Waals surface area contributed by atoms with Crippen molar-refractivity contribution >= 4 is 6.03 Å². The van der Waals surface area contributed by atoms with E-state index in [-0.39, 0.29) is 12.8 Å². The summed E-state index contributed by atoms with van der Waals surface area (Å²) < 4.78 is 21.4. The predicted octanol–water partition coefficient (Wildman–Crippen LogP) is 2.70. The van der Waals surface area contributed by atoms with E-state index in [0.29, 0.717) is 25.4 Å². The molecular weight excluding hydrogens is 348 g/mol. The van der Waals surface area contributed by atoms with Crippen LogP contribution in [-0.4, -0.2) is 38.5 Å². The second-order valence-corrected chi connectivity index (χ2v) is 6.49. The average Bonchev–Trinajstić information content (AvgIpc) is 3.18. The minimum atomic E-state index is -0.0897. The van der Waals surface area contributed by atoms with Crippen LogP contribution >= 0.6 is 0 Å². The van der Waals surface area contributed by atoms with Gasteiger partial charge in [0.15, 0.2) is 23.0 Å². The molecule has 0 saturated heterocycles. The van der Waals surface area contributed by atoms with Gasteiger partial charge in [-0.3, -0.25) is 0 Å². The Morgan fingerprint density at radius 2 is 1.81 bits per heavy atom. The van der Waals surface area contributed by atoms with Gasteiger partial charge in [0.1, 0.15) is 0 Å². The van der Waals surface area contributed by atoms with Gasteiger partial charge in [-0.1, -0.05) is 6.07 Å². The molecule has 27 heavy (non-hydrogen) atoms. The number of rotatable bonds is 4. The number of hydrogen-bond acceptors (Lipinski definition) is 5. The van der Waals surface area contributed by atoms with Crippen LogP contribution < -0.4 is 24.3 Å². The molecule has 7 heteroatoms. The first-order valence-corrected chi connectivity index (χ1v) is 8.83. The fourth-order valence-corrected chi connectivity index (χ4v) is 3.40. The molecule has 2 aliphatic rings. The summed E-state index contributed by atoms with van der Waals surface area (Å²) in [5.41, 5.74) is 3.24. The topological polar surface area (TPSA) is 69.3 Å². The van der Waals surface area contributed by atoms with Gasteiger partial charge in [-0.25, -0.2) is 4.79 Å². The Bertz CT molecular complexity index is 868. The molecule has 2 aromatic rings. The molecule has 0 unspecified atom stereocenters. The molecule has 0 saturated carbocycles. The fraction of sp³-hybridized carbons (Fsp3) is 0.350. The van der Waals surface area contributed by atoms with E-state index in [9.17, 15) is 4.79 Å². The molecule has 1 N–H and O–H groups in total. The summed E-state index contributed by atoms with van der Waals surface area (Å²) >= 11 is 0. The molecule has 0 radical (unpaired) electrons. The number of amides is 2. The zero-order chi connectivity index (χ0) is 18.8. The summed E-state index contributed by atoms with van der Waals surface area (Å²) in [6, 6.07) is 9.54. The van der Waals surface area contributed by atoms with Crippen molar-refractivity contribution in [2.45, 2.75) is 19.5 Å². The van der Waals surface area contributed by atoms with Gasteiger partial charge in [0, 0.05) is 19.6 Å². The number of fused-ring (bicyclic) bond motifs is 2. The lowest BCUT2D eigenvalue weighted by atomic mass is 9.99. The highest BCUT2D eigenvalue weighted by Gasteiger charge is 2.23. The number of carbonyl (C=O) groups excluding carboxylic acids is 1. The Hall–Kier alpha value is -3.09. The smallest absolute Gasteiger partial charge is 0.317 e. The standard InChI is InChI=1S/C20H22N2O5/c1-24-17-8-14-5-6-22(11-15(14)9-18(17)25-2)20(23)21-10-13-3-4-16-19(7-13)27-12-26-16/h3-4,7-9H,5-6,10-12H2,1-2H3,(H,21,23). The van der Waals surface area contributed by atoms with E-state index in [4.69, 9.17) is 18.9 Å².